The number of hydrogen-bond donors (Lipinski definition) is 1. The number of sulfonamides is 1. The fourth-order valence-corrected chi connectivity index (χ4v) is 7.45. The Morgan fingerprint density at radius 2 is 1.68 bits per heavy atom. The van der Waals surface area contributed by atoms with Crippen LogP contribution in [-0.2, 0) is 21.2 Å². The van der Waals surface area contributed by atoms with Crippen LogP contribution in [0.25, 0.3) is 9.75 Å². The van der Waals surface area contributed by atoms with E-state index >= 15 is 0 Å². The minimum absolute atomic E-state index is 0.336. The first-order chi connectivity index (χ1) is 16.0. The predicted molar refractivity (Wildman–Crippen MR) is 139 cm³/mol. The number of carbonyl (C=O) groups is 1. The van der Waals surface area contributed by atoms with Crippen LogP contribution in [0.2, 0.25) is 4.34 Å². The highest BCUT2D eigenvalue weighted by molar-refractivity contribution is 7.91. The molecule has 0 aliphatic heterocycles. The van der Waals surface area contributed by atoms with Crippen LogP contribution in [0.5, 0.6) is 5.75 Å². The van der Waals surface area contributed by atoms with Gasteiger partial charge in [-0.25, -0.2) is 13.2 Å². The van der Waals surface area contributed by atoms with E-state index in [9.17, 15) is 18.3 Å². The molecule has 34 heavy (non-hydrogen) atoms. The molecule has 0 aliphatic rings. The number of benzene rings is 1. The highest BCUT2D eigenvalue weighted by Gasteiger charge is 2.29. The normalized spacial score (nSPS) is 12.3. The Labute approximate surface area is 213 Å². The Balaban J connectivity index is 1.63. The first-order valence-electron chi connectivity index (χ1n) is 10.9. The van der Waals surface area contributed by atoms with Crippen LogP contribution >= 0.6 is 34.3 Å². The van der Waals surface area contributed by atoms with E-state index in [1.165, 1.54) is 36.5 Å². The number of thiophene rings is 2. The molecule has 3 aromatic rings. The van der Waals surface area contributed by atoms with Gasteiger partial charge in [0.2, 0.25) is 0 Å². The van der Waals surface area contributed by atoms with Crippen molar-refractivity contribution in [3.63, 3.8) is 0 Å². The van der Waals surface area contributed by atoms with Crippen molar-refractivity contribution in [1.29, 1.82) is 0 Å². The molecular formula is C24H28ClNO5S3. The summed E-state index contributed by atoms with van der Waals surface area (Å²) in [5.74, 6) is -0.558. The zero-order chi connectivity index (χ0) is 24.9. The summed E-state index contributed by atoms with van der Waals surface area (Å²) in [7, 11) is -3.59. The van der Waals surface area contributed by atoms with E-state index in [-0.39, 0.29) is 0 Å². The van der Waals surface area contributed by atoms with Gasteiger partial charge in [-0.15, -0.1) is 22.7 Å². The lowest BCUT2D eigenvalue weighted by molar-refractivity contribution is -0.152. The first-order valence-corrected chi connectivity index (χ1v) is 14.3. The summed E-state index contributed by atoms with van der Waals surface area (Å²) in [6.45, 7) is 5.83. The maximum Gasteiger partial charge on any atom is 0.347 e. The van der Waals surface area contributed by atoms with Crippen molar-refractivity contribution < 1.29 is 23.1 Å². The van der Waals surface area contributed by atoms with Crippen LogP contribution in [0.15, 0.2) is 52.7 Å². The lowest BCUT2D eigenvalue weighted by atomic mass is 10.1. The van der Waals surface area contributed by atoms with Gasteiger partial charge in [0.15, 0.2) is 5.60 Å². The number of carboxylic acid groups (broad SMARTS) is 1. The minimum atomic E-state index is -3.59. The molecule has 0 atom stereocenters. The third-order valence-corrected chi connectivity index (χ3v) is 10.0. The molecule has 2 heterocycles. The summed E-state index contributed by atoms with van der Waals surface area (Å²) in [5.41, 5.74) is -0.282. The molecule has 0 bridgehead atoms. The van der Waals surface area contributed by atoms with Crippen LogP contribution in [-0.4, -0.2) is 42.5 Å². The summed E-state index contributed by atoms with van der Waals surface area (Å²) in [4.78, 5) is 13.1. The minimum Gasteiger partial charge on any atom is -0.478 e. The van der Waals surface area contributed by atoms with E-state index in [0.29, 0.717) is 40.2 Å². The second kappa shape index (κ2) is 11.2. The van der Waals surface area contributed by atoms with Gasteiger partial charge >= 0.3 is 5.97 Å². The zero-order valence-electron chi connectivity index (χ0n) is 19.3. The van der Waals surface area contributed by atoms with Crippen LogP contribution < -0.4 is 4.74 Å². The number of aliphatic carboxylic acids is 1. The van der Waals surface area contributed by atoms with E-state index in [1.54, 1.807) is 22.5 Å². The molecule has 1 N–H and O–H groups in total. The average Bonchev–Trinajstić information content (AvgIpc) is 3.43. The van der Waals surface area contributed by atoms with Gasteiger partial charge < -0.3 is 9.84 Å². The van der Waals surface area contributed by atoms with E-state index in [4.69, 9.17) is 16.3 Å². The van der Waals surface area contributed by atoms with E-state index in [2.05, 4.69) is 0 Å². The van der Waals surface area contributed by atoms with E-state index in [0.717, 1.165) is 21.7 Å². The summed E-state index contributed by atoms with van der Waals surface area (Å²) in [5, 5.41) is 9.19. The largest absolute Gasteiger partial charge is 0.478 e. The second-order valence-corrected chi connectivity index (χ2v) is 13.3. The fourth-order valence-electron chi connectivity index (χ4n) is 3.29. The Kier molecular flexibility index (Phi) is 8.81. The van der Waals surface area contributed by atoms with Gasteiger partial charge in [-0.05, 0) is 75.1 Å². The van der Waals surface area contributed by atoms with Gasteiger partial charge in [0.25, 0.3) is 10.0 Å². The molecule has 3 rings (SSSR count). The van der Waals surface area contributed by atoms with Gasteiger partial charge in [-0.1, -0.05) is 30.7 Å². The molecule has 0 spiro atoms. The SMILES string of the molecule is CCCN(CCCc1ccc(OC(C)(C)C(=O)O)cc1)S(=O)(=O)c1ccc(-c2ccc(Cl)s2)s1. The summed E-state index contributed by atoms with van der Waals surface area (Å²) in [6, 6.07) is 14.5. The first kappa shape index (κ1) is 26.7. The van der Waals surface area contributed by atoms with Crippen LogP contribution in [0, 0.1) is 0 Å². The Bertz CT molecular complexity index is 1220. The zero-order valence-corrected chi connectivity index (χ0v) is 22.5. The van der Waals surface area contributed by atoms with Crippen molar-refractivity contribution >= 4 is 50.3 Å². The predicted octanol–water partition coefficient (Wildman–Crippen LogP) is 6.41. The van der Waals surface area contributed by atoms with Crippen molar-refractivity contribution in [2.75, 3.05) is 13.1 Å². The lowest BCUT2D eigenvalue weighted by Gasteiger charge is -2.22. The summed E-state index contributed by atoms with van der Waals surface area (Å²) in [6.07, 6.45) is 2.09. The highest BCUT2D eigenvalue weighted by atomic mass is 35.5. The quantitative estimate of drug-likeness (QED) is 0.286. The second-order valence-electron chi connectivity index (χ2n) is 8.29. The van der Waals surface area contributed by atoms with Crippen molar-refractivity contribution in [3.05, 3.63) is 58.4 Å². The molecule has 0 radical (unpaired) electrons. The molecule has 0 saturated carbocycles. The van der Waals surface area contributed by atoms with Gasteiger partial charge in [0.05, 0.1) is 4.34 Å². The molecule has 0 saturated heterocycles. The molecule has 10 heteroatoms. The smallest absolute Gasteiger partial charge is 0.347 e. The number of carboxylic acids is 1. The van der Waals surface area contributed by atoms with E-state index in [1.807, 2.05) is 37.3 Å². The third-order valence-electron chi connectivity index (χ3n) is 5.15. The molecule has 2 aromatic heterocycles. The Hall–Kier alpha value is -1.91. The summed E-state index contributed by atoms with van der Waals surface area (Å²) < 4.78 is 34.7. The monoisotopic (exact) mass is 541 g/mol. The van der Waals surface area contributed by atoms with Gasteiger partial charge in [0.1, 0.15) is 9.96 Å². The van der Waals surface area contributed by atoms with Gasteiger partial charge in [-0.2, -0.15) is 4.31 Å². The molecule has 184 valence electrons. The maximum atomic E-state index is 13.3. The van der Waals surface area contributed by atoms with Crippen LogP contribution in [0.1, 0.15) is 39.2 Å². The number of halogens is 1. The molecule has 1 aromatic carbocycles. The maximum absolute atomic E-state index is 13.3. The average molecular weight is 542 g/mol. The number of aryl methyl sites for hydroxylation is 1. The molecule has 0 aliphatic carbocycles. The third kappa shape index (κ3) is 6.60. The summed E-state index contributed by atoms with van der Waals surface area (Å²) >= 11 is 8.72. The molecule has 0 amide bonds. The van der Waals surface area contributed by atoms with E-state index < -0.39 is 21.6 Å². The number of ether oxygens (including phenoxy) is 1. The van der Waals surface area contributed by atoms with Crippen LogP contribution in [0.3, 0.4) is 0 Å². The van der Waals surface area contributed by atoms with Crippen molar-refractivity contribution in [3.8, 4) is 15.5 Å². The number of hydrogen-bond acceptors (Lipinski definition) is 6. The van der Waals surface area contributed by atoms with Crippen molar-refractivity contribution in [1.82, 2.24) is 4.31 Å². The van der Waals surface area contributed by atoms with Gasteiger partial charge in [0, 0.05) is 22.8 Å². The lowest BCUT2D eigenvalue weighted by Crippen LogP contribution is -2.37. The fraction of sp³-hybridized carbons (Fsp3) is 0.375. The molecular weight excluding hydrogens is 514 g/mol. The highest BCUT2D eigenvalue weighted by Crippen LogP contribution is 2.37. The standard InChI is InChI=1S/C24H28ClNO5S3/c1-4-15-26(34(29,30)22-14-12-20(33-22)19-11-13-21(25)32-19)16-5-6-17-7-9-18(10-8-17)31-24(2,3)23(27)28/h7-14H,4-6,15-16H2,1-3H3,(H,27,28). The Morgan fingerprint density at radius 3 is 2.26 bits per heavy atom. The molecule has 6 nitrogen and oxygen atoms in total. The topological polar surface area (TPSA) is 83.9 Å². The van der Waals surface area contributed by atoms with Gasteiger partial charge in [-0.3, -0.25) is 0 Å². The number of rotatable bonds is 12. The van der Waals surface area contributed by atoms with Crippen molar-refractivity contribution in [2.24, 2.45) is 0 Å². The van der Waals surface area contributed by atoms with Crippen LogP contribution in [0.4, 0.5) is 0 Å². The number of nitrogens with zero attached hydrogens (tertiary/aromatic N) is 1. The van der Waals surface area contributed by atoms with Crippen molar-refractivity contribution in [2.45, 2.75) is 49.8 Å². The Morgan fingerprint density at radius 1 is 1.03 bits per heavy atom. The molecule has 0 fully saturated rings. The molecule has 0 unspecified atom stereocenters.